The largest absolute Gasteiger partial charge is 0.467 e. The Morgan fingerprint density at radius 2 is 1.95 bits per heavy atom. The molecule has 1 saturated heterocycles. The van der Waals surface area contributed by atoms with Gasteiger partial charge < -0.3 is 19.4 Å². The summed E-state index contributed by atoms with van der Waals surface area (Å²) in [5.41, 5.74) is 0. The average molecular weight is 294 g/mol. The molecule has 2 amide bonds. The van der Waals surface area contributed by atoms with Crippen LogP contribution in [-0.2, 0) is 20.9 Å². The SMILES string of the molecule is O=C(COCC(=O)N1CCCCCC1)NCc1ccco1. The molecule has 0 atom stereocenters. The first-order valence-electron chi connectivity index (χ1n) is 7.40. The summed E-state index contributed by atoms with van der Waals surface area (Å²) >= 11 is 0. The lowest BCUT2D eigenvalue weighted by atomic mass is 10.2. The van der Waals surface area contributed by atoms with Gasteiger partial charge in [-0.05, 0) is 25.0 Å². The number of likely N-dealkylation sites (tertiary alicyclic amines) is 1. The zero-order valence-electron chi connectivity index (χ0n) is 12.2. The van der Waals surface area contributed by atoms with Gasteiger partial charge in [0.05, 0.1) is 12.8 Å². The van der Waals surface area contributed by atoms with Crippen LogP contribution in [0.15, 0.2) is 22.8 Å². The molecule has 0 aliphatic carbocycles. The molecule has 0 spiro atoms. The molecule has 0 radical (unpaired) electrons. The van der Waals surface area contributed by atoms with Crippen LogP contribution >= 0.6 is 0 Å². The highest BCUT2D eigenvalue weighted by molar-refractivity contribution is 5.79. The third kappa shape index (κ3) is 5.59. The Morgan fingerprint density at radius 3 is 2.62 bits per heavy atom. The molecule has 1 fully saturated rings. The summed E-state index contributed by atoms with van der Waals surface area (Å²) < 4.78 is 10.3. The van der Waals surface area contributed by atoms with E-state index in [4.69, 9.17) is 9.15 Å². The first kappa shape index (κ1) is 15.6. The van der Waals surface area contributed by atoms with Gasteiger partial charge in [0, 0.05) is 13.1 Å². The minimum atomic E-state index is -0.255. The van der Waals surface area contributed by atoms with Gasteiger partial charge in [-0.25, -0.2) is 0 Å². The van der Waals surface area contributed by atoms with E-state index in [1.54, 1.807) is 18.4 Å². The molecule has 1 aromatic heterocycles. The second-order valence-corrected chi connectivity index (χ2v) is 5.14. The molecule has 1 aliphatic heterocycles. The van der Waals surface area contributed by atoms with Crippen molar-refractivity contribution in [3.8, 4) is 0 Å². The molecule has 6 nitrogen and oxygen atoms in total. The maximum atomic E-state index is 11.9. The highest BCUT2D eigenvalue weighted by Gasteiger charge is 2.15. The zero-order valence-corrected chi connectivity index (χ0v) is 12.2. The molecule has 0 saturated carbocycles. The lowest BCUT2D eigenvalue weighted by Crippen LogP contribution is -2.36. The van der Waals surface area contributed by atoms with Crippen molar-refractivity contribution in [1.82, 2.24) is 10.2 Å². The van der Waals surface area contributed by atoms with Crippen LogP contribution in [0.3, 0.4) is 0 Å². The van der Waals surface area contributed by atoms with E-state index in [9.17, 15) is 9.59 Å². The first-order valence-corrected chi connectivity index (χ1v) is 7.40. The van der Waals surface area contributed by atoms with Gasteiger partial charge in [-0.15, -0.1) is 0 Å². The summed E-state index contributed by atoms with van der Waals surface area (Å²) in [5, 5.41) is 2.67. The van der Waals surface area contributed by atoms with Crippen LogP contribution in [0, 0.1) is 0 Å². The lowest BCUT2D eigenvalue weighted by Gasteiger charge is -2.19. The summed E-state index contributed by atoms with van der Waals surface area (Å²) in [5.74, 6) is 0.398. The van der Waals surface area contributed by atoms with Crippen LogP contribution in [0.1, 0.15) is 31.4 Å². The molecular weight excluding hydrogens is 272 g/mol. The van der Waals surface area contributed by atoms with Crippen molar-refractivity contribution in [1.29, 1.82) is 0 Å². The number of hydrogen-bond donors (Lipinski definition) is 1. The van der Waals surface area contributed by atoms with E-state index >= 15 is 0 Å². The summed E-state index contributed by atoms with van der Waals surface area (Å²) in [6, 6.07) is 3.54. The lowest BCUT2D eigenvalue weighted by molar-refractivity contribution is -0.138. The Bertz CT molecular complexity index is 437. The van der Waals surface area contributed by atoms with Gasteiger partial charge in [0.1, 0.15) is 19.0 Å². The Balaban J connectivity index is 1.59. The summed E-state index contributed by atoms with van der Waals surface area (Å²) in [6.07, 6.45) is 6.02. The quantitative estimate of drug-likeness (QED) is 0.859. The molecule has 2 rings (SSSR count). The molecule has 21 heavy (non-hydrogen) atoms. The average Bonchev–Trinajstić information content (AvgIpc) is 2.85. The van der Waals surface area contributed by atoms with Crippen LogP contribution in [0.4, 0.5) is 0 Å². The van der Waals surface area contributed by atoms with Gasteiger partial charge in [-0.2, -0.15) is 0 Å². The topological polar surface area (TPSA) is 71.8 Å². The third-order valence-electron chi connectivity index (χ3n) is 3.46. The minimum Gasteiger partial charge on any atom is -0.467 e. The van der Waals surface area contributed by atoms with Crippen LogP contribution in [0.5, 0.6) is 0 Å². The van der Waals surface area contributed by atoms with Gasteiger partial charge in [0.25, 0.3) is 0 Å². The van der Waals surface area contributed by atoms with Crippen molar-refractivity contribution in [3.63, 3.8) is 0 Å². The maximum Gasteiger partial charge on any atom is 0.248 e. The van der Waals surface area contributed by atoms with E-state index in [1.807, 2.05) is 4.90 Å². The van der Waals surface area contributed by atoms with E-state index in [0.29, 0.717) is 12.3 Å². The van der Waals surface area contributed by atoms with E-state index < -0.39 is 0 Å². The predicted molar refractivity (Wildman–Crippen MR) is 76.4 cm³/mol. The summed E-state index contributed by atoms with van der Waals surface area (Å²) in [4.78, 5) is 25.3. The van der Waals surface area contributed by atoms with Gasteiger partial charge in [-0.1, -0.05) is 12.8 Å². The fourth-order valence-corrected chi connectivity index (χ4v) is 2.29. The van der Waals surface area contributed by atoms with E-state index in [-0.39, 0.29) is 25.0 Å². The van der Waals surface area contributed by atoms with Crippen molar-refractivity contribution >= 4 is 11.8 Å². The molecule has 6 heteroatoms. The number of rotatable bonds is 6. The fraction of sp³-hybridized carbons (Fsp3) is 0.600. The molecule has 2 heterocycles. The standard InChI is InChI=1S/C15H22N2O4/c18-14(16-10-13-6-5-9-21-13)11-20-12-15(19)17-7-3-1-2-4-8-17/h5-6,9H,1-4,7-8,10-12H2,(H,16,18). The molecule has 0 unspecified atom stereocenters. The number of carbonyl (C=O) groups is 2. The summed E-state index contributed by atoms with van der Waals surface area (Å²) in [6.45, 7) is 1.78. The number of nitrogens with zero attached hydrogens (tertiary/aromatic N) is 1. The van der Waals surface area contributed by atoms with Crippen molar-refractivity contribution < 1.29 is 18.7 Å². The third-order valence-corrected chi connectivity index (χ3v) is 3.46. The van der Waals surface area contributed by atoms with E-state index in [1.165, 1.54) is 12.8 Å². The molecule has 0 bridgehead atoms. The van der Waals surface area contributed by atoms with Crippen molar-refractivity contribution in [2.45, 2.75) is 32.2 Å². The normalized spacial score (nSPS) is 15.5. The summed E-state index contributed by atoms with van der Waals surface area (Å²) in [7, 11) is 0. The van der Waals surface area contributed by atoms with Crippen LogP contribution in [-0.4, -0.2) is 43.0 Å². The van der Waals surface area contributed by atoms with E-state index in [2.05, 4.69) is 5.32 Å². The van der Waals surface area contributed by atoms with Gasteiger partial charge in [0.15, 0.2) is 0 Å². The number of ether oxygens (including phenoxy) is 1. The fourth-order valence-electron chi connectivity index (χ4n) is 2.29. The number of amides is 2. The number of hydrogen-bond acceptors (Lipinski definition) is 4. The van der Waals surface area contributed by atoms with Crippen molar-refractivity contribution in [2.24, 2.45) is 0 Å². The van der Waals surface area contributed by atoms with Crippen LogP contribution < -0.4 is 5.32 Å². The Hall–Kier alpha value is -1.82. The van der Waals surface area contributed by atoms with Crippen molar-refractivity contribution in [3.05, 3.63) is 24.2 Å². The Kier molecular flexibility index (Phi) is 6.27. The van der Waals surface area contributed by atoms with Crippen LogP contribution in [0.25, 0.3) is 0 Å². The monoisotopic (exact) mass is 294 g/mol. The second kappa shape index (κ2) is 8.46. The smallest absolute Gasteiger partial charge is 0.248 e. The zero-order chi connectivity index (χ0) is 14.9. The Morgan fingerprint density at radius 1 is 1.19 bits per heavy atom. The van der Waals surface area contributed by atoms with Crippen LogP contribution in [0.2, 0.25) is 0 Å². The number of carbonyl (C=O) groups excluding carboxylic acids is 2. The van der Waals surface area contributed by atoms with Gasteiger partial charge >= 0.3 is 0 Å². The molecule has 1 aromatic rings. The van der Waals surface area contributed by atoms with Crippen molar-refractivity contribution in [2.75, 3.05) is 26.3 Å². The number of nitrogens with one attached hydrogen (secondary N) is 1. The predicted octanol–water partition coefficient (Wildman–Crippen LogP) is 1.31. The minimum absolute atomic E-state index is 0.0317. The highest BCUT2D eigenvalue weighted by atomic mass is 16.5. The maximum absolute atomic E-state index is 11.9. The molecule has 116 valence electrons. The highest BCUT2D eigenvalue weighted by Crippen LogP contribution is 2.09. The molecule has 1 N–H and O–H groups in total. The number of furan rings is 1. The van der Waals surface area contributed by atoms with Gasteiger partial charge in [-0.3, -0.25) is 9.59 Å². The van der Waals surface area contributed by atoms with Gasteiger partial charge in [0.2, 0.25) is 11.8 Å². The first-order chi connectivity index (χ1) is 10.3. The van der Waals surface area contributed by atoms with E-state index in [0.717, 1.165) is 25.9 Å². The molecular formula is C15H22N2O4. The molecule has 0 aromatic carbocycles. The Labute approximate surface area is 124 Å². The second-order valence-electron chi connectivity index (χ2n) is 5.14. The molecule has 1 aliphatic rings.